The Kier molecular flexibility index (Phi) is 2.76. The lowest BCUT2D eigenvalue weighted by Crippen LogP contribution is -1.92. The van der Waals surface area contributed by atoms with Crippen molar-refractivity contribution in [3.05, 3.63) is 53.0 Å². The maximum Gasteiger partial charge on any atom is 0.133 e. The maximum atomic E-state index is 13.9. The fraction of sp³-hybridized carbons (Fsp3) is 0.0667. The van der Waals surface area contributed by atoms with Crippen LogP contribution in [0.2, 0.25) is 0 Å². The highest BCUT2D eigenvalue weighted by atomic mass is 32.1. The van der Waals surface area contributed by atoms with Crippen molar-refractivity contribution in [3.8, 4) is 11.1 Å². The van der Waals surface area contributed by atoms with Crippen molar-refractivity contribution in [2.24, 2.45) is 0 Å². The van der Waals surface area contributed by atoms with E-state index in [0.717, 1.165) is 16.6 Å². The number of benzene rings is 2. The Morgan fingerprint density at radius 1 is 1.11 bits per heavy atom. The second-order valence-electron chi connectivity index (χ2n) is 4.12. The lowest BCUT2D eigenvalue weighted by atomic mass is 10.0. The minimum atomic E-state index is -0.186. The SMILES string of the molecule is CNc1cc(-c2ccsc2)cc2cccc(F)c12. The summed E-state index contributed by atoms with van der Waals surface area (Å²) in [5, 5.41) is 8.79. The van der Waals surface area contributed by atoms with E-state index in [-0.39, 0.29) is 5.82 Å². The lowest BCUT2D eigenvalue weighted by molar-refractivity contribution is 0.640. The third-order valence-corrected chi connectivity index (χ3v) is 3.73. The van der Waals surface area contributed by atoms with Crippen LogP contribution in [-0.2, 0) is 0 Å². The normalized spacial score (nSPS) is 10.8. The van der Waals surface area contributed by atoms with Gasteiger partial charge in [-0.15, -0.1) is 0 Å². The van der Waals surface area contributed by atoms with Gasteiger partial charge in [-0.05, 0) is 51.5 Å². The smallest absolute Gasteiger partial charge is 0.133 e. The molecular weight excluding hydrogens is 245 g/mol. The van der Waals surface area contributed by atoms with E-state index in [4.69, 9.17) is 0 Å². The molecule has 0 radical (unpaired) electrons. The minimum Gasteiger partial charge on any atom is -0.388 e. The average Bonchev–Trinajstić information content (AvgIpc) is 2.91. The molecule has 3 heteroatoms. The van der Waals surface area contributed by atoms with E-state index in [1.54, 1.807) is 17.4 Å². The molecule has 0 amide bonds. The number of anilines is 1. The molecule has 0 spiro atoms. The Hall–Kier alpha value is -1.87. The van der Waals surface area contributed by atoms with Crippen LogP contribution in [0.5, 0.6) is 0 Å². The molecule has 1 nitrogen and oxygen atoms in total. The van der Waals surface area contributed by atoms with Gasteiger partial charge in [0.2, 0.25) is 0 Å². The standard InChI is InChI=1S/C15H12FNS/c1-17-14-8-12(11-5-6-18-9-11)7-10-3-2-4-13(16)15(10)14/h2-9,17H,1H3. The summed E-state index contributed by atoms with van der Waals surface area (Å²) >= 11 is 1.66. The van der Waals surface area contributed by atoms with Crippen LogP contribution >= 0.6 is 11.3 Å². The molecule has 3 rings (SSSR count). The van der Waals surface area contributed by atoms with Crippen molar-refractivity contribution >= 4 is 27.8 Å². The summed E-state index contributed by atoms with van der Waals surface area (Å²) in [5.41, 5.74) is 3.10. The van der Waals surface area contributed by atoms with Gasteiger partial charge in [-0.25, -0.2) is 4.39 Å². The summed E-state index contributed by atoms with van der Waals surface area (Å²) < 4.78 is 13.9. The van der Waals surface area contributed by atoms with E-state index in [2.05, 4.69) is 16.8 Å². The molecule has 1 N–H and O–H groups in total. The quantitative estimate of drug-likeness (QED) is 0.698. The van der Waals surface area contributed by atoms with E-state index in [9.17, 15) is 4.39 Å². The molecule has 2 aromatic carbocycles. The second kappa shape index (κ2) is 4.42. The van der Waals surface area contributed by atoms with Gasteiger partial charge >= 0.3 is 0 Å². The van der Waals surface area contributed by atoms with Crippen LogP contribution in [0.4, 0.5) is 10.1 Å². The Morgan fingerprint density at radius 3 is 2.72 bits per heavy atom. The zero-order chi connectivity index (χ0) is 12.5. The number of hydrogen-bond donors (Lipinski definition) is 1. The number of nitrogens with one attached hydrogen (secondary N) is 1. The Labute approximate surface area is 109 Å². The van der Waals surface area contributed by atoms with Crippen molar-refractivity contribution in [3.63, 3.8) is 0 Å². The third kappa shape index (κ3) is 1.77. The Bertz CT molecular complexity index is 689. The summed E-state index contributed by atoms with van der Waals surface area (Å²) in [5.74, 6) is -0.186. The van der Waals surface area contributed by atoms with E-state index >= 15 is 0 Å². The van der Waals surface area contributed by atoms with E-state index in [1.807, 2.05) is 30.6 Å². The molecule has 0 atom stereocenters. The second-order valence-corrected chi connectivity index (χ2v) is 4.90. The van der Waals surface area contributed by atoms with Crippen LogP contribution in [-0.4, -0.2) is 7.05 Å². The summed E-state index contributed by atoms with van der Waals surface area (Å²) in [4.78, 5) is 0. The Balaban J connectivity index is 2.32. The third-order valence-electron chi connectivity index (χ3n) is 3.05. The summed E-state index contributed by atoms with van der Waals surface area (Å²) in [7, 11) is 1.82. The predicted molar refractivity (Wildman–Crippen MR) is 76.8 cm³/mol. The Morgan fingerprint density at radius 2 is 2.00 bits per heavy atom. The van der Waals surface area contributed by atoms with Crippen molar-refractivity contribution < 1.29 is 4.39 Å². The molecule has 0 aliphatic carbocycles. The van der Waals surface area contributed by atoms with Gasteiger partial charge < -0.3 is 5.32 Å². The predicted octanol–water partition coefficient (Wildman–Crippen LogP) is 4.75. The minimum absolute atomic E-state index is 0.186. The molecule has 0 bridgehead atoms. The highest BCUT2D eigenvalue weighted by Crippen LogP contribution is 2.33. The largest absolute Gasteiger partial charge is 0.388 e. The number of halogens is 1. The molecule has 0 saturated heterocycles. The van der Waals surface area contributed by atoms with E-state index in [1.165, 1.54) is 11.6 Å². The van der Waals surface area contributed by atoms with Crippen molar-refractivity contribution in [1.29, 1.82) is 0 Å². The first kappa shape index (κ1) is 11.2. The molecule has 0 saturated carbocycles. The average molecular weight is 257 g/mol. The van der Waals surface area contributed by atoms with Crippen LogP contribution in [0.25, 0.3) is 21.9 Å². The van der Waals surface area contributed by atoms with Crippen LogP contribution in [0.15, 0.2) is 47.2 Å². The van der Waals surface area contributed by atoms with Crippen molar-refractivity contribution in [1.82, 2.24) is 0 Å². The molecule has 0 aliphatic rings. The molecule has 0 aliphatic heterocycles. The zero-order valence-electron chi connectivity index (χ0n) is 9.91. The first-order valence-corrected chi connectivity index (χ1v) is 6.66. The molecular formula is C15H12FNS. The summed E-state index contributed by atoms with van der Waals surface area (Å²) in [6, 6.07) is 11.3. The lowest BCUT2D eigenvalue weighted by Gasteiger charge is -2.10. The fourth-order valence-electron chi connectivity index (χ4n) is 2.17. The van der Waals surface area contributed by atoms with Gasteiger partial charge in [-0.2, -0.15) is 11.3 Å². The van der Waals surface area contributed by atoms with Gasteiger partial charge in [0.05, 0.1) is 0 Å². The number of fused-ring (bicyclic) bond motifs is 1. The van der Waals surface area contributed by atoms with E-state index < -0.39 is 0 Å². The highest BCUT2D eigenvalue weighted by molar-refractivity contribution is 7.08. The monoisotopic (exact) mass is 257 g/mol. The molecule has 0 unspecified atom stereocenters. The van der Waals surface area contributed by atoms with Gasteiger partial charge in [-0.3, -0.25) is 0 Å². The van der Waals surface area contributed by atoms with Gasteiger partial charge in [-0.1, -0.05) is 12.1 Å². The van der Waals surface area contributed by atoms with Gasteiger partial charge in [0.15, 0.2) is 0 Å². The zero-order valence-corrected chi connectivity index (χ0v) is 10.7. The number of hydrogen-bond acceptors (Lipinski definition) is 2. The van der Waals surface area contributed by atoms with Crippen LogP contribution in [0, 0.1) is 5.82 Å². The van der Waals surface area contributed by atoms with E-state index in [0.29, 0.717) is 5.39 Å². The molecule has 90 valence electrons. The van der Waals surface area contributed by atoms with Gasteiger partial charge in [0, 0.05) is 18.1 Å². The van der Waals surface area contributed by atoms with Gasteiger partial charge in [0.25, 0.3) is 0 Å². The fourth-order valence-corrected chi connectivity index (χ4v) is 2.84. The van der Waals surface area contributed by atoms with Gasteiger partial charge in [0.1, 0.15) is 5.82 Å². The summed E-state index contributed by atoms with van der Waals surface area (Å²) in [6.07, 6.45) is 0. The van der Waals surface area contributed by atoms with Crippen molar-refractivity contribution in [2.75, 3.05) is 12.4 Å². The van der Waals surface area contributed by atoms with Crippen molar-refractivity contribution in [2.45, 2.75) is 0 Å². The molecule has 1 aromatic heterocycles. The molecule has 3 aromatic rings. The van der Waals surface area contributed by atoms with Crippen LogP contribution in [0.3, 0.4) is 0 Å². The highest BCUT2D eigenvalue weighted by Gasteiger charge is 2.08. The van der Waals surface area contributed by atoms with Crippen LogP contribution in [0.1, 0.15) is 0 Å². The number of thiophene rings is 1. The first-order valence-electron chi connectivity index (χ1n) is 5.72. The topological polar surface area (TPSA) is 12.0 Å². The molecule has 0 fully saturated rings. The maximum absolute atomic E-state index is 13.9. The van der Waals surface area contributed by atoms with Crippen LogP contribution < -0.4 is 5.32 Å². The first-order chi connectivity index (χ1) is 8.79. The molecule has 18 heavy (non-hydrogen) atoms. The molecule has 1 heterocycles. The number of rotatable bonds is 2. The summed E-state index contributed by atoms with van der Waals surface area (Å²) in [6.45, 7) is 0.